The van der Waals surface area contributed by atoms with Crippen molar-refractivity contribution in [2.45, 2.75) is 38.5 Å². The summed E-state index contributed by atoms with van der Waals surface area (Å²) < 4.78 is 0. The molecule has 2 heterocycles. The SMILES string of the molecule is CC1(C)c2ccccc2-c2nc(C3=CC=C4C=CC5=C(c6ccc7c(n6)-c6ccccc6C7(C)C)C=CC6=CC=C3C4C65)ccc21. The second kappa shape index (κ2) is 8.79. The average molecular weight is 591 g/mol. The lowest BCUT2D eigenvalue weighted by Crippen LogP contribution is -2.30. The van der Waals surface area contributed by atoms with E-state index in [9.17, 15) is 0 Å². The monoisotopic (exact) mass is 590 g/mol. The number of fused-ring (bicyclic) bond motifs is 6. The van der Waals surface area contributed by atoms with Crippen molar-refractivity contribution in [3.8, 4) is 22.5 Å². The maximum Gasteiger partial charge on any atom is 0.0753 e. The minimum atomic E-state index is -0.0463. The van der Waals surface area contributed by atoms with Gasteiger partial charge in [0.15, 0.2) is 0 Å². The first-order valence-electron chi connectivity index (χ1n) is 16.5. The highest BCUT2D eigenvalue weighted by molar-refractivity contribution is 5.90. The second-order valence-electron chi connectivity index (χ2n) is 14.6. The van der Waals surface area contributed by atoms with Crippen molar-refractivity contribution >= 4 is 11.1 Å². The van der Waals surface area contributed by atoms with Gasteiger partial charge < -0.3 is 0 Å². The fourth-order valence-electron chi connectivity index (χ4n) is 9.14. The molecule has 6 aliphatic rings. The number of nitrogens with zero attached hydrogens (tertiary/aromatic N) is 2. The second-order valence-corrected chi connectivity index (χ2v) is 14.6. The molecule has 0 spiro atoms. The van der Waals surface area contributed by atoms with Crippen molar-refractivity contribution in [1.82, 2.24) is 9.97 Å². The molecule has 2 atom stereocenters. The van der Waals surface area contributed by atoms with Crippen molar-refractivity contribution in [2.24, 2.45) is 11.8 Å². The standard InChI is InChI=1S/C44H34N2/c1-43(2)33-11-7-5-9-31(33)41-35(43)21-23-37(45-41)27-17-13-25-16-20-30-28(18-14-26-15-19-29(27)39(25)40(26)30)38-24-22-36-42(46-38)32-10-6-8-12-34(32)44(36,3)4/h5-24,39-40H,1-4H3. The molecular weight excluding hydrogens is 556 g/mol. The Balaban J connectivity index is 1.08. The van der Waals surface area contributed by atoms with Crippen molar-refractivity contribution in [2.75, 3.05) is 0 Å². The van der Waals surface area contributed by atoms with Gasteiger partial charge in [-0.2, -0.15) is 0 Å². The summed E-state index contributed by atoms with van der Waals surface area (Å²) in [6.07, 6.45) is 18.6. The Bertz CT molecular complexity index is 2310. The van der Waals surface area contributed by atoms with Gasteiger partial charge in [-0.25, -0.2) is 9.97 Å². The summed E-state index contributed by atoms with van der Waals surface area (Å²) in [6, 6.07) is 26.6. The highest BCUT2D eigenvalue weighted by atomic mass is 14.8. The van der Waals surface area contributed by atoms with E-state index >= 15 is 0 Å². The lowest BCUT2D eigenvalue weighted by atomic mass is 9.61. The molecule has 0 fully saturated rings. The topological polar surface area (TPSA) is 25.8 Å². The van der Waals surface area contributed by atoms with Crippen LogP contribution in [0.5, 0.6) is 0 Å². The van der Waals surface area contributed by atoms with Gasteiger partial charge in [0.05, 0.1) is 22.8 Å². The molecule has 0 N–H and O–H groups in total. The smallest absolute Gasteiger partial charge is 0.0753 e. The maximum absolute atomic E-state index is 5.38. The average Bonchev–Trinajstić information content (AvgIpc) is 3.46. The van der Waals surface area contributed by atoms with Gasteiger partial charge in [0.1, 0.15) is 0 Å². The van der Waals surface area contributed by atoms with Crippen LogP contribution >= 0.6 is 0 Å². The number of benzene rings is 2. The largest absolute Gasteiger partial charge is 0.247 e. The summed E-state index contributed by atoms with van der Waals surface area (Å²) in [7, 11) is 0. The van der Waals surface area contributed by atoms with E-state index in [1.54, 1.807) is 0 Å². The molecule has 10 rings (SSSR count). The summed E-state index contributed by atoms with van der Waals surface area (Å²) >= 11 is 0. The first-order chi connectivity index (χ1) is 22.3. The van der Waals surface area contributed by atoms with Crippen LogP contribution < -0.4 is 0 Å². The fraction of sp³-hybridized carbons (Fsp3) is 0.182. The summed E-state index contributed by atoms with van der Waals surface area (Å²) in [4.78, 5) is 10.8. The highest BCUT2D eigenvalue weighted by Gasteiger charge is 2.42. The molecule has 2 aromatic heterocycles. The van der Waals surface area contributed by atoms with Gasteiger partial charge in [-0.1, -0.05) is 137 Å². The van der Waals surface area contributed by atoms with E-state index < -0.39 is 0 Å². The van der Waals surface area contributed by atoms with Gasteiger partial charge in [0, 0.05) is 44.9 Å². The molecule has 2 unspecified atom stereocenters. The molecule has 220 valence electrons. The molecule has 4 aromatic rings. The van der Waals surface area contributed by atoms with Crippen LogP contribution in [0.25, 0.3) is 33.7 Å². The van der Waals surface area contributed by atoms with Crippen LogP contribution in [0.1, 0.15) is 61.3 Å². The van der Waals surface area contributed by atoms with Gasteiger partial charge >= 0.3 is 0 Å². The minimum absolute atomic E-state index is 0.0463. The van der Waals surface area contributed by atoms with E-state index in [-0.39, 0.29) is 22.7 Å². The van der Waals surface area contributed by atoms with Gasteiger partial charge in [-0.15, -0.1) is 0 Å². The van der Waals surface area contributed by atoms with E-state index in [0.29, 0.717) is 0 Å². The van der Waals surface area contributed by atoms with Crippen molar-refractivity contribution < 1.29 is 0 Å². The third-order valence-electron chi connectivity index (χ3n) is 11.5. The van der Waals surface area contributed by atoms with Crippen LogP contribution in [0.3, 0.4) is 0 Å². The van der Waals surface area contributed by atoms with Crippen LogP contribution in [-0.2, 0) is 10.8 Å². The summed E-state index contributed by atoms with van der Waals surface area (Å²) in [6.45, 7) is 9.26. The van der Waals surface area contributed by atoms with Crippen molar-refractivity contribution in [1.29, 1.82) is 0 Å². The zero-order chi connectivity index (χ0) is 30.9. The molecule has 0 bridgehead atoms. The fourth-order valence-corrected chi connectivity index (χ4v) is 9.14. The van der Waals surface area contributed by atoms with Crippen LogP contribution in [0, 0.1) is 11.8 Å². The van der Waals surface area contributed by atoms with Crippen LogP contribution in [0.4, 0.5) is 0 Å². The Morgan fingerprint density at radius 3 is 1.76 bits per heavy atom. The van der Waals surface area contributed by atoms with E-state index in [1.165, 1.54) is 66.8 Å². The van der Waals surface area contributed by atoms with Crippen molar-refractivity contribution in [3.63, 3.8) is 0 Å². The maximum atomic E-state index is 5.38. The Morgan fingerprint density at radius 2 is 1.07 bits per heavy atom. The zero-order valence-corrected chi connectivity index (χ0v) is 26.6. The van der Waals surface area contributed by atoms with E-state index in [2.05, 4.69) is 149 Å². The third kappa shape index (κ3) is 3.27. The normalized spacial score (nSPS) is 23.0. The first-order valence-corrected chi connectivity index (χ1v) is 16.5. The molecule has 6 aliphatic carbocycles. The number of aromatic nitrogens is 2. The Hall–Kier alpha value is -5.08. The molecular formula is C44H34N2. The molecule has 0 aliphatic heterocycles. The number of pyridine rings is 2. The summed E-state index contributed by atoms with van der Waals surface area (Å²) in [5.74, 6) is 0.514. The molecule has 0 radical (unpaired) electrons. The van der Waals surface area contributed by atoms with Crippen LogP contribution in [-0.4, -0.2) is 9.97 Å². The predicted molar refractivity (Wildman–Crippen MR) is 188 cm³/mol. The molecule has 2 nitrogen and oxygen atoms in total. The molecule has 2 aromatic carbocycles. The summed E-state index contributed by atoms with van der Waals surface area (Å²) in [5.41, 5.74) is 20.1. The molecule has 0 saturated carbocycles. The number of allylic oxidation sites excluding steroid dienone is 14. The van der Waals surface area contributed by atoms with Gasteiger partial charge in [-0.3, -0.25) is 0 Å². The van der Waals surface area contributed by atoms with Gasteiger partial charge in [-0.05, 0) is 56.7 Å². The van der Waals surface area contributed by atoms with Crippen LogP contribution in [0.15, 0.2) is 144 Å². The molecule has 0 amide bonds. The van der Waals surface area contributed by atoms with E-state index in [4.69, 9.17) is 9.97 Å². The highest BCUT2D eigenvalue weighted by Crippen LogP contribution is 2.55. The quantitative estimate of drug-likeness (QED) is 0.232. The third-order valence-corrected chi connectivity index (χ3v) is 11.5. The number of hydrogen-bond acceptors (Lipinski definition) is 2. The zero-order valence-electron chi connectivity index (χ0n) is 26.6. The van der Waals surface area contributed by atoms with Crippen molar-refractivity contribution in [3.05, 3.63) is 177 Å². The molecule has 2 heteroatoms. The Kier molecular flexibility index (Phi) is 5.00. The summed E-state index contributed by atoms with van der Waals surface area (Å²) in [5, 5.41) is 0. The van der Waals surface area contributed by atoms with E-state index in [0.717, 1.165) is 22.8 Å². The van der Waals surface area contributed by atoms with E-state index in [1.807, 2.05) is 0 Å². The van der Waals surface area contributed by atoms with Gasteiger partial charge in [0.25, 0.3) is 0 Å². The lowest BCUT2D eigenvalue weighted by molar-refractivity contribution is 0.568. The Labute approximate surface area is 270 Å². The van der Waals surface area contributed by atoms with Crippen LogP contribution in [0.2, 0.25) is 0 Å². The predicted octanol–water partition coefficient (Wildman–Crippen LogP) is 10.1. The lowest BCUT2D eigenvalue weighted by Gasteiger charge is -2.42. The number of hydrogen-bond donors (Lipinski definition) is 0. The Morgan fingerprint density at radius 1 is 0.500 bits per heavy atom. The minimum Gasteiger partial charge on any atom is -0.247 e. The van der Waals surface area contributed by atoms with Gasteiger partial charge in [0.2, 0.25) is 0 Å². The first kappa shape index (κ1) is 26.2. The number of rotatable bonds is 2. The molecule has 46 heavy (non-hydrogen) atoms. The molecule has 0 saturated heterocycles.